The number of aliphatic hydroxyl groups is 1. The van der Waals surface area contributed by atoms with Crippen LogP contribution in [0.2, 0.25) is 0 Å². The lowest BCUT2D eigenvalue weighted by Gasteiger charge is -2.14. The van der Waals surface area contributed by atoms with Gasteiger partial charge < -0.3 is 10.4 Å². The monoisotopic (exact) mass is 361 g/mol. The molecule has 0 saturated heterocycles. The molecule has 2 N–H and O–H groups in total. The van der Waals surface area contributed by atoms with Crippen LogP contribution >= 0.6 is 11.3 Å². The van der Waals surface area contributed by atoms with Crippen LogP contribution < -0.4 is 10.9 Å². The van der Waals surface area contributed by atoms with Crippen LogP contribution in [-0.4, -0.2) is 31.0 Å². The van der Waals surface area contributed by atoms with Crippen molar-refractivity contribution in [2.75, 3.05) is 5.32 Å². The van der Waals surface area contributed by atoms with E-state index < -0.39 is 0 Å². The van der Waals surface area contributed by atoms with Gasteiger partial charge in [-0.05, 0) is 26.0 Å². The first-order valence-electron chi connectivity index (χ1n) is 7.95. The molecule has 0 aliphatic rings. The van der Waals surface area contributed by atoms with Crippen molar-refractivity contribution in [2.24, 2.45) is 0 Å². The smallest absolute Gasteiger partial charge is 0.297 e. The van der Waals surface area contributed by atoms with Crippen LogP contribution in [0.25, 0.3) is 4.96 Å². The number of para-hydroxylation sites is 1. The summed E-state index contributed by atoms with van der Waals surface area (Å²) in [6, 6.07) is 9.66. The Bertz CT molecular complexity index is 879. The lowest BCUT2D eigenvalue weighted by molar-refractivity contribution is 0.216. The molecule has 0 atom stereocenters. The Morgan fingerprint density at radius 2 is 1.76 bits per heavy atom. The molecule has 2 heterocycles. The average Bonchev–Trinajstić information content (AvgIpc) is 2.90. The van der Waals surface area contributed by atoms with E-state index in [0.29, 0.717) is 15.8 Å². The zero-order valence-corrected chi connectivity index (χ0v) is 15.8. The lowest BCUT2D eigenvalue weighted by atomic mass is 9.93. The first kappa shape index (κ1) is 19.0. The number of rotatable bonds is 2. The molecule has 0 amide bonds. The zero-order chi connectivity index (χ0) is 18.6. The summed E-state index contributed by atoms with van der Waals surface area (Å²) in [5.74, 6) is 0. The van der Waals surface area contributed by atoms with Gasteiger partial charge in [0.25, 0.3) is 5.56 Å². The normalized spacial score (nSPS) is 11.3. The molecule has 0 spiro atoms. The number of aromatic nitrogens is 4. The highest BCUT2D eigenvalue weighted by molar-refractivity contribution is 7.20. The van der Waals surface area contributed by atoms with E-state index in [-0.39, 0.29) is 17.1 Å². The molecule has 0 fully saturated rings. The fraction of sp³-hybridized carbons (Fsp3) is 0.412. The summed E-state index contributed by atoms with van der Waals surface area (Å²) in [6.45, 7) is 9.24. The minimum absolute atomic E-state index is 0.167. The van der Waals surface area contributed by atoms with Crippen molar-refractivity contribution >= 4 is 27.1 Å². The molecule has 25 heavy (non-hydrogen) atoms. The first-order chi connectivity index (χ1) is 11.7. The van der Waals surface area contributed by atoms with Crippen molar-refractivity contribution in [3.05, 3.63) is 46.4 Å². The molecule has 3 aromatic rings. The van der Waals surface area contributed by atoms with E-state index >= 15 is 0 Å². The number of nitrogens with one attached hydrogen (secondary N) is 1. The zero-order valence-electron chi connectivity index (χ0n) is 15.0. The number of aliphatic hydroxyl groups excluding tert-OH is 1. The summed E-state index contributed by atoms with van der Waals surface area (Å²) in [4.78, 5) is 12.9. The Balaban J connectivity index is 0.000000511. The van der Waals surface area contributed by atoms with Crippen LogP contribution in [0.5, 0.6) is 0 Å². The van der Waals surface area contributed by atoms with Gasteiger partial charge in [-0.2, -0.15) is 4.52 Å². The lowest BCUT2D eigenvalue weighted by Crippen LogP contribution is -2.30. The Morgan fingerprint density at radius 1 is 1.16 bits per heavy atom. The van der Waals surface area contributed by atoms with Gasteiger partial charge in [-0.1, -0.05) is 50.3 Å². The Morgan fingerprint density at radius 3 is 2.32 bits per heavy atom. The van der Waals surface area contributed by atoms with E-state index in [2.05, 4.69) is 20.6 Å². The molecule has 8 heteroatoms. The van der Waals surface area contributed by atoms with Crippen LogP contribution in [0.3, 0.4) is 0 Å². The van der Waals surface area contributed by atoms with Crippen molar-refractivity contribution in [3.8, 4) is 0 Å². The summed E-state index contributed by atoms with van der Waals surface area (Å²) in [5, 5.41) is 24.3. The van der Waals surface area contributed by atoms with Crippen molar-refractivity contribution in [1.82, 2.24) is 19.8 Å². The van der Waals surface area contributed by atoms with Gasteiger partial charge in [0.1, 0.15) is 5.69 Å². The standard InChI is InChI=1S/C14H15N5OS.C3H8O/c1-14(2,3)10-11(20)19-13(17-16-10)21-12(18-19)15-9-7-5-4-6-8-9;1-3(2)4/h4-8H,1-3H3,(H,15,18);3-4H,1-2H3. The van der Waals surface area contributed by atoms with Gasteiger partial charge in [0.2, 0.25) is 10.1 Å². The van der Waals surface area contributed by atoms with E-state index in [1.807, 2.05) is 51.1 Å². The van der Waals surface area contributed by atoms with Crippen molar-refractivity contribution in [1.29, 1.82) is 0 Å². The van der Waals surface area contributed by atoms with Gasteiger partial charge in [0.15, 0.2) is 0 Å². The molecule has 1 aromatic carbocycles. The molecule has 134 valence electrons. The van der Waals surface area contributed by atoms with E-state index in [0.717, 1.165) is 5.69 Å². The van der Waals surface area contributed by atoms with Crippen LogP contribution in [0.4, 0.5) is 10.8 Å². The molecule has 0 saturated carbocycles. The maximum atomic E-state index is 12.4. The predicted octanol–water partition coefficient (Wildman–Crippen LogP) is 2.97. The van der Waals surface area contributed by atoms with Crippen LogP contribution in [0.1, 0.15) is 40.3 Å². The Kier molecular flexibility index (Phi) is 5.86. The first-order valence-corrected chi connectivity index (χ1v) is 8.77. The molecular weight excluding hydrogens is 338 g/mol. The van der Waals surface area contributed by atoms with Gasteiger partial charge in [0, 0.05) is 17.2 Å². The quantitative estimate of drug-likeness (QED) is 0.729. The second-order valence-electron chi connectivity index (χ2n) is 6.79. The average molecular weight is 361 g/mol. The molecule has 3 rings (SSSR count). The molecule has 7 nitrogen and oxygen atoms in total. The molecule has 0 radical (unpaired) electrons. The minimum Gasteiger partial charge on any atom is -0.394 e. The van der Waals surface area contributed by atoms with E-state index in [1.165, 1.54) is 15.9 Å². The largest absolute Gasteiger partial charge is 0.394 e. The highest BCUT2D eigenvalue weighted by atomic mass is 32.1. The predicted molar refractivity (Wildman–Crippen MR) is 101 cm³/mol. The van der Waals surface area contributed by atoms with Gasteiger partial charge in [0.05, 0.1) is 0 Å². The third-order valence-corrected chi connectivity index (χ3v) is 3.74. The summed E-state index contributed by atoms with van der Waals surface area (Å²) < 4.78 is 1.31. The molecule has 0 bridgehead atoms. The summed E-state index contributed by atoms with van der Waals surface area (Å²) >= 11 is 1.29. The number of benzene rings is 1. The Hall–Kier alpha value is -2.32. The third kappa shape index (κ3) is 5.07. The molecule has 0 aliphatic heterocycles. The summed E-state index contributed by atoms with van der Waals surface area (Å²) in [7, 11) is 0. The van der Waals surface area contributed by atoms with E-state index in [9.17, 15) is 4.79 Å². The summed E-state index contributed by atoms with van der Waals surface area (Å²) in [5.41, 5.74) is 0.747. The number of nitrogens with zero attached hydrogens (tertiary/aromatic N) is 4. The van der Waals surface area contributed by atoms with Crippen molar-refractivity contribution in [3.63, 3.8) is 0 Å². The van der Waals surface area contributed by atoms with Crippen molar-refractivity contribution in [2.45, 2.75) is 46.1 Å². The van der Waals surface area contributed by atoms with Gasteiger partial charge >= 0.3 is 0 Å². The van der Waals surface area contributed by atoms with Gasteiger partial charge in [-0.25, -0.2) is 0 Å². The molecule has 0 aliphatic carbocycles. The number of hydrogen-bond acceptors (Lipinski definition) is 7. The number of anilines is 2. The SMILES string of the molecule is CC(C)(C)c1nnc2sc(Nc3ccccc3)nn2c1=O.CC(C)O. The minimum atomic E-state index is -0.359. The van der Waals surface area contributed by atoms with Gasteiger partial charge in [-0.3, -0.25) is 4.79 Å². The molecule has 0 unspecified atom stereocenters. The fourth-order valence-corrected chi connectivity index (χ4v) is 2.64. The van der Waals surface area contributed by atoms with Crippen LogP contribution in [0, 0.1) is 0 Å². The molecule has 2 aromatic heterocycles. The second-order valence-corrected chi connectivity index (χ2v) is 7.75. The number of hydrogen-bond donors (Lipinski definition) is 2. The molecular formula is C17H23N5O2S. The highest BCUT2D eigenvalue weighted by Crippen LogP contribution is 2.22. The maximum Gasteiger partial charge on any atom is 0.297 e. The third-order valence-electron chi connectivity index (χ3n) is 2.93. The number of fused-ring (bicyclic) bond motifs is 1. The fourth-order valence-electron chi connectivity index (χ4n) is 1.88. The summed E-state index contributed by atoms with van der Waals surface area (Å²) in [6.07, 6.45) is -0.167. The highest BCUT2D eigenvalue weighted by Gasteiger charge is 2.23. The van der Waals surface area contributed by atoms with E-state index in [1.54, 1.807) is 13.8 Å². The van der Waals surface area contributed by atoms with Gasteiger partial charge in [-0.15, -0.1) is 15.3 Å². The second kappa shape index (κ2) is 7.71. The van der Waals surface area contributed by atoms with Crippen LogP contribution in [0.15, 0.2) is 35.1 Å². The maximum absolute atomic E-state index is 12.4. The van der Waals surface area contributed by atoms with Crippen LogP contribution in [-0.2, 0) is 5.41 Å². The Labute approximate surface area is 150 Å². The topological polar surface area (TPSA) is 92.4 Å². The van der Waals surface area contributed by atoms with E-state index in [4.69, 9.17) is 5.11 Å². The van der Waals surface area contributed by atoms with Crippen molar-refractivity contribution < 1.29 is 5.11 Å².